The number of fused-ring (bicyclic) bond motifs is 10. The molecule has 0 N–H and O–H groups in total. The number of halogens is 18. The summed E-state index contributed by atoms with van der Waals surface area (Å²) in [5.41, 5.74) is 28.8. The predicted molar refractivity (Wildman–Crippen MR) is 580 cm³/mol. The van der Waals surface area contributed by atoms with Crippen LogP contribution in [0.4, 0.5) is 56.9 Å². The number of hydrogen-bond donors (Lipinski definition) is 0. The Balaban J connectivity index is 0.000000153. The molecular weight excluding hydrogens is 3200 g/mol. The monoisotopic (exact) mass is 3280 g/mol. The summed E-state index contributed by atoms with van der Waals surface area (Å²) >= 11 is 30.0. The van der Waals surface area contributed by atoms with Crippen LogP contribution in [-0.4, -0.2) is 17.8 Å². The van der Waals surface area contributed by atoms with E-state index in [0.717, 1.165) is 0 Å². The second-order valence-corrected chi connectivity index (χ2v) is 416. The molecule has 0 spiro atoms. The van der Waals surface area contributed by atoms with Gasteiger partial charge in [0.15, 0.2) is 0 Å². The van der Waals surface area contributed by atoms with Gasteiger partial charge in [-0.2, -0.15) is 0 Å². The first-order chi connectivity index (χ1) is 44.2. The first kappa shape index (κ1) is 81.2. The van der Waals surface area contributed by atoms with Gasteiger partial charge in [0, 0.05) is 67.7 Å². The first-order valence-electron chi connectivity index (χ1n) is 30.6. The molecule has 0 bridgehead atoms. The molecule has 4 aliphatic heterocycles. The Labute approximate surface area is 689 Å². The summed E-state index contributed by atoms with van der Waals surface area (Å²) in [5, 5.41) is 0. The molecule has 6 aliphatic rings. The van der Waals surface area contributed by atoms with Crippen LogP contribution < -0.4 is 36.0 Å². The molecule has 0 amide bonds. The van der Waals surface area contributed by atoms with Gasteiger partial charge in [0.1, 0.15) is 0 Å². The van der Waals surface area contributed by atoms with Gasteiger partial charge >= 0.3 is 249 Å². The second-order valence-electron chi connectivity index (χ2n) is 25.8. The maximum atomic E-state index is 3.12. The van der Waals surface area contributed by atoms with Crippen molar-refractivity contribution in [2.45, 2.75) is 150 Å². The van der Waals surface area contributed by atoms with Crippen LogP contribution in [0.1, 0.15) is 131 Å². The minimum atomic E-state index is -0.427. The van der Waals surface area contributed by atoms with Crippen LogP contribution >= 0.6 is 249 Å². The minimum absolute atomic E-state index is 0. The first-order valence-corrected chi connectivity index (χ1v) is 137. The Morgan fingerprint density at radius 2 is 0.830 bits per heavy atom. The Hall–Kier alpha value is 6.16. The fraction of sp³-hybridized carbons (Fsp3) is 0.324. The van der Waals surface area contributed by atoms with Gasteiger partial charge in [0.2, 0.25) is 0 Å². The molecular formula is C71H77BI18N4. The van der Waals surface area contributed by atoms with E-state index in [4.69, 9.17) is 0 Å². The summed E-state index contributed by atoms with van der Waals surface area (Å²) in [6, 6.07) is 62.3. The SMILES string of the molecule is C.Cc1cccc(N(c2cccc(C)c2)c2cc(C)cc(N3c4ccccc4C4(C)CCCCC34C)c2)c1.Cc1cccc(N2c3cc(C)ccc3B3c4cccc5c4N(c4cc(C)cc2c43)C2(C)CCCCC52C)c1.II(I)I(I)I(I)I(I)I(I)I(I)I(I)I(I)I. The van der Waals surface area contributed by atoms with Crippen molar-refractivity contribution < 1.29 is 0 Å². The summed E-state index contributed by atoms with van der Waals surface area (Å²) in [4.78, 5) is 10.5. The van der Waals surface area contributed by atoms with Crippen molar-refractivity contribution in [2.75, 3.05) is 19.6 Å². The molecule has 2 saturated carbocycles. The van der Waals surface area contributed by atoms with Gasteiger partial charge in [-0.1, -0.05) is 132 Å². The Morgan fingerprint density at radius 3 is 1.41 bits per heavy atom. The maximum absolute atomic E-state index is 3.12. The molecule has 510 valence electrons. The molecule has 2 aliphatic carbocycles. The number of para-hydroxylation sites is 2. The normalized spacial score (nSPS) is 22.0. The van der Waals surface area contributed by atoms with E-state index in [1.807, 2.05) is 0 Å². The average Bonchev–Trinajstić information content (AvgIpc) is 1.45. The second kappa shape index (κ2) is 34.2. The average molecular weight is 3280 g/mol. The third kappa shape index (κ3) is 15.8. The van der Waals surface area contributed by atoms with Crippen molar-refractivity contribution in [1.29, 1.82) is 0 Å². The van der Waals surface area contributed by atoms with Crippen molar-refractivity contribution in [1.82, 2.24) is 0 Å². The third-order valence-electron chi connectivity index (χ3n) is 20.2. The van der Waals surface area contributed by atoms with Gasteiger partial charge in [0.05, 0.1) is 11.1 Å². The van der Waals surface area contributed by atoms with Crippen LogP contribution in [0.2, 0.25) is 0 Å². The fourth-order valence-electron chi connectivity index (χ4n) is 15.8. The fourth-order valence-corrected chi connectivity index (χ4v) is 2530. The topological polar surface area (TPSA) is 13.0 Å². The van der Waals surface area contributed by atoms with Crippen LogP contribution in [0.25, 0.3) is 0 Å². The molecule has 4 atom stereocenters. The third-order valence-corrected chi connectivity index (χ3v) is 1180. The number of anilines is 10. The van der Waals surface area contributed by atoms with E-state index in [1.165, 1.54) is 164 Å². The molecule has 2 fully saturated rings. The van der Waals surface area contributed by atoms with Crippen LogP contribution in [0.3, 0.4) is 0 Å². The van der Waals surface area contributed by atoms with Gasteiger partial charge in [-0.25, -0.2) is 0 Å². The van der Waals surface area contributed by atoms with E-state index in [9.17, 15) is 0 Å². The summed E-state index contributed by atoms with van der Waals surface area (Å²) in [6.45, 7) is 23.7. The van der Waals surface area contributed by atoms with Gasteiger partial charge in [-0.3, -0.25) is 0 Å². The van der Waals surface area contributed by atoms with Gasteiger partial charge in [0.25, 0.3) is 6.71 Å². The van der Waals surface area contributed by atoms with E-state index in [-0.39, 0.29) is 83.4 Å². The van der Waals surface area contributed by atoms with Crippen LogP contribution in [0.5, 0.6) is 0 Å². The molecule has 14 rings (SSSR count). The van der Waals surface area contributed by atoms with E-state index < -0.39 is 15.8 Å². The van der Waals surface area contributed by atoms with Crippen molar-refractivity contribution >= 4 is 329 Å². The molecule has 4 heterocycles. The van der Waals surface area contributed by atoms with Gasteiger partial charge < -0.3 is 19.6 Å². The van der Waals surface area contributed by atoms with Crippen molar-refractivity contribution in [3.8, 4) is 0 Å². The van der Waals surface area contributed by atoms with Crippen LogP contribution in [0, 0.1) is 41.5 Å². The molecule has 0 aromatic heterocycles. The summed E-state index contributed by atoms with van der Waals surface area (Å²) in [7, 11) is -3.13. The molecule has 23 heteroatoms. The molecule has 4 unspecified atom stereocenters. The van der Waals surface area contributed by atoms with Gasteiger partial charge in [-0.15, -0.1) is 0 Å². The molecule has 0 saturated heterocycles. The Bertz CT molecular complexity index is 4060. The predicted octanol–water partition coefficient (Wildman–Crippen LogP) is 33.4. The Morgan fingerprint density at radius 1 is 0.372 bits per heavy atom. The van der Waals surface area contributed by atoms with Crippen LogP contribution in [0.15, 0.2) is 164 Å². The Kier molecular flexibility index (Phi) is 29.5. The van der Waals surface area contributed by atoms with Crippen LogP contribution in [-0.2, 0) is 10.8 Å². The van der Waals surface area contributed by atoms with Crippen molar-refractivity contribution in [3.05, 3.63) is 208 Å². The zero-order valence-electron chi connectivity index (χ0n) is 52.9. The molecule has 8 aromatic carbocycles. The summed E-state index contributed by atoms with van der Waals surface area (Å²) in [5.74, 6) is 0. The molecule has 94 heavy (non-hydrogen) atoms. The van der Waals surface area contributed by atoms with E-state index in [2.05, 4.69) is 439 Å². The molecule has 0 radical (unpaired) electrons. The number of benzene rings is 8. The standard InChI is InChI=1S/C35H35BN2.C35H38N2.CH4.I18/c1-22-10-8-11-25(18-22)37-29-19-23(2)14-15-27(29)36-28-13-9-12-26-33(28)38(31-21-24(3)20-30(37)32(31)36)35(5)17-7-6-16-34(26,35)4;1-25-12-10-14-28(20-25)36(29-15-11-13-26(2)21-29)30-22-27(3)23-31(24-30)37-33-17-7-6-16-32(33)34(4)18-8-9-19-35(34,37)5;;1-11(2)13(5)15(7)17(9)18(10)16(8)14(6)12(3)4/h8-15,18-21H,6-7,16-17H2,1-5H3;6-7,10-17,20-24H,8-9,18-19H2,1-5H3;1H4;. The number of aryl methyl sites for hydroxylation is 6. The zero-order chi connectivity index (χ0) is 66.4. The number of hydrogen-bond acceptors (Lipinski definition) is 4. The van der Waals surface area contributed by atoms with E-state index in [0.29, 0.717) is 0 Å². The summed E-state index contributed by atoms with van der Waals surface area (Å²) < 4.78 is 0. The zero-order valence-corrected chi connectivity index (χ0v) is 91.7. The summed E-state index contributed by atoms with van der Waals surface area (Å²) in [6.07, 6.45) is 10.2. The number of nitrogens with zero attached hydrogens (tertiary/aromatic N) is 4. The van der Waals surface area contributed by atoms with E-state index in [1.54, 1.807) is 5.56 Å². The molecule has 8 aromatic rings. The van der Waals surface area contributed by atoms with Crippen molar-refractivity contribution in [2.24, 2.45) is 0 Å². The quantitative estimate of drug-likeness (QED) is 0.0893. The molecule has 4 nitrogen and oxygen atoms in total. The van der Waals surface area contributed by atoms with Crippen molar-refractivity contribution in [3.63, 3.8) is 0 Å². The number of rotatable bonds is 12. The van der Waals surface area contributed by atoms with E-state index >= 15 is 0 Å². The van der Waals surface area contributed by atoms with Gasteiger partial charge in [-0.05, 0) is 221 Å².